The van der Waals surface area contributed by atoms with Crippen LogP contribution in [0, 0.1) is 0 Å². The predicted octanol–water partition coefficient (Wildman–Crippen LogP) is 1.48. The van der Waals surface area contributed by atoms with E-state index in [1.165, 1.54) is 0 Å². The van der Waals surface area contributed by atoms with Crippen molar-refractivity contribution in [3.05, 3.63) is 24.3 Å². The number of aliphatic hydroxyl groups is 1. The van der Waals surface area contributed by atoms with Crippen molar-refractivity contribution in [2.75, 3.05) is 25.2 Å². The lowest BCUT2D eigenvalue weighted by atomic mass is 10.2. The zero-order valence-corrected chi connectivity index (χ0v) is 10.3. The Hall–Kier alpha value is -1.88. The van der Waals surface area contributed by atoms with Crippen LogP contribution in [0.5, 0.6) is 0 Å². The first kappa shape index (κ1) is 12.6. The van der Waals surface area contributed by atoms with Gasteiger partial charge in [0.05, 0.1) is 31.5 Å². The average molecular weight is 248 g/mol. The third-order valence-corrected chi connectivity index (χ3v) is 2.83. The number of carbonyl (C=O) groups excluding carboxylic acids is 1. The Morgan fingerprint density at radius 3 is 3.00 bits per heavy atom. The number of ether oxygens (including phenoxy) is 1. The summed E-state index contributed by atoms with van der Waals surface area (Å²) in [6.07, 6.45) is 0.693. The van der Waals surface area contributed by atoms with E-state index in [-0.39, 0.29) is 18.9 Å². The maximum absolute atomic E-state index is 12.0. The molecule has 0 bridgehead atoms. The van der Waals surface area contributed by atoms with Gasteiger partial charge in [-0.2, -0.15) is 0 Å². The molecule has 0 radical (unpaired) electrons. The Bertz CT molecular complexity index is 471. The van der Waals surface area contributed by atoms with Gasteiger partial charge in [-0.3, -0.25) is 4.79 Å². The van der Waals surface area contributed by atoms with E-state index in [9.17, 15) is 4.79 Å². The first-order chi connectivity index (χ1) is 8.76. The van der Waals surface area contributed by atoms with Gasteiger partial charge in [-0.1, -0.05) is 12.1 Å². The first-order valence-corrected chi connectivity index (χ1v) is 5.88. The number of fused-ring (bicyclic) bond motifs is 1. The minimum absolute atomic E-state index is 0.0995. The molecular weight excluding hydrogens is 232 g/mol. The van der Waals surface area contributed by atoms with Crippen molar-refractivity contribution in [3.8, 4) is 0 Å². The summed E-state index contributed by atoms with van der Waals surface area (Å²) in [5.41, 5.74) is 1.49. The van der Waals surface area contributed by atoms with Gasteiger partial charge in [0.1, 0.15) is 0 Å². The number of methoxy groups -OCH3 is 1. The largest absolute Gasteiger partial charge is 0.484 e. The molecule has 0 fully saturated rings. The van der Waals surface area contributed by atoms with E-state index in [1.807, 2.05) is 24.3 Å². The van der Waals surface area contributed by atoms with Gasteiger partial charge < -0.3 is 14.7 Å². The number of aliphatic hydroxyl groups excluding tert-OH is 1. The third-order valence-electron chi connectivity index (χ3n) is 2.83. The molecule has 5 nitrogen and oxygen atoms in total. The molecule has 0 spiro atoms. The molecule has 0 atom stereocenters. The molecule has 2 rings (SSSR count). The molecule has 0 unspecified atom stereocenters. The van der Waals surface area contributed by atoms with Gasteiger partial charge in [-0.05, 0) is 12.1 Å². The maximum Gasteiger partial charge on any atom is 0.229 e. The first-order valence-electron chi connectivity index (χ1n) is 5.88. The Kier molecular flexibility index (Phi) is 3.94. The number of rotatable bonds is 2. The van der Waals surface area contributed by atoms with Crippen LogP contribution in [-0.4, -0.2) is 37.2 Å². The van der Waals surface area contributed by atoms with Gasteiger partial charge in [0.2, 0.25) is 5.91 Å². The number of carbonyl (C=O) groups is 1. The fraction of sp³-hybridized carbons (Fsp3) is 0.385. The smallest absolute Gasteiger partial charge is 0.229 e. The van der Waals surface area contributed by atoms with Crippen LogP contribution < -0.4 is 4.90 Å². The number of anilines is 1. The second kappa shape index (κ2) is 5.64. The normalized spacial score (nSPS) is 14.6. The lowest BCUT2D eigenvalue weighted by molar-refractivity contribution is -0.119. The van der Waals surface area contributed by atoms with Gasteiger partial charge in [0.25, 0.3) is 0 Å². The average Bonchev–Trinajstić information content (AvgIpc) is 2.58. The summed E-state index contributed by atoms with van der Waals surface area (Å²) in [6, 6.07) is 7.44. The zero-order chi connectivity index (χ0) is 13.0. The molecule has 1 heterocycles. The highest BCUT2D eigenvalue weighted by Gasteiger charge is 2.21. The summed E-state index contributed by atoms with van der Waals surface area (Å²) in [5.74, 6) is 0.513. The molecule has 0 aliphatic carbocycles. The third kappa shape index (κ3) is 2.51. The summed E-state index contributed by atoms with van der Waals surface area (Å²) in [7, 11) is 1.58. The standard InChI is InChI=1S/C13H16N2O3/c1-18-12-6-8-15(13(17)7-9-16)11-5-3-2-4-10(11)14-12/h2-5,16H,6-9H2,1H3. The fourth-order valence-electron chi connectivity index (χ4n) is 1.94. The van der Waals surface area contributed by atoms with Crippen LogP contribution in [0.25, 0.3) is 0 Å². The second-order valence-corrected chi connectivity index (χ2v) is 3.97. The number of hydrogen-bond donors (Lipinski definition) is 1. The number of aliphatic imine (C=N–C) groups is 1. The number of amides is 1. The second-order valence-electron chi connectivity index (χ2n) is 3.97. The van der Waals surface area contributed by atoms with E-state index in [0.717, 1.165) is 11.4 Å². The van der Waals surface area contributed by atoms with Gasteiger partial charge in [0.15, 0.2) is 5.90 Å². The highest BCUT2D eigenvalue weighted by atomic mass is 16.5. The summed E-state index contributed by atoms with van der Waals surface area (Å²) >= 11 is 0. The summed E-state index contributed by atoms with van der Waals surface area (Å²) in [5, 5.41) is 8.88. The van der Waals surface area contributed by atoms with Crippen molar-refractivity contribution in [2.45, 2.75) is 12.8 Å². The molecule has 96 valence electrons. The van der Waals surface area contributed by atoms with Gasteiger partial charge in [-0.15, -0.1) is 0 Å². The molecule has 1 aliphatic rings. The number of nitrogens with zero attached hydrogens (tertiary/aromatic N) is 2. The van der Waals surface area contributed by atoms with Gasteiger partial charge in [0, 0.05) is 13.0 Å². The van der Waals surface area contributed by atoms with Crippen molar-refractivity contribution >= 4 is 23.2 Å². The minimum atomic E-state index is -0.143. The van der Waals surface area contributed by atoms with Crippen LogP contribution in [0.1, 0.15) is 12.8 Å². The van der Waals surface area contributed by atoms with Crippen molar-refractivity contribution in [1.29, 1.82) is 0 Å². The number of para-hydroxylation sites is 2. The molecule has 18 heavy (non-hydrogen) atoms. The maximum atomic E-state index is 12.0. The Labute approximate surface area is 106 Å². The van der Waals surface area contributed by atoms with E-state index in [0.29, 0.717) is 18.9 Å². The topological polar surface area (TPSA) is 62.1 Å². The highest BCUT2D eigenvalue weighted by molar-refractivity contribution is 5.99. The zero-order valence-electron chi connectivity index (χ0n) is 10.3. The monoisotopic (exact) mass is 248 g/mol. The molecular formula is C13H16N2O3. The number of benzene rings is 1. The molecule has 1 aromatic carbocycles. The minimum Gasteiger partial charge on any atom is -0.484 e. The van der Waals surface area contributed by atoms with Crippen LogP contribution >= 0.6 is 0 Å². The molecule has 0 saturated carbocycles. The van der Waals surface area contributed by atoms with Gasteiger partial charge in [-0.25, -0.2) is 4.99 Å². The van der Waals surface area contributed by atoms with E-state index in [4.69, 9.17) is 9.84 Å². The lowest BCUT2D eigenvalue weighted by Gasteiger charge is -2.21. The van der Waals surface area contributed by atoms with Crippen LogP contribution in [0.2, 0.25) is 0 Å². The molecule has 1 aliphatic heterocycles. The summed E-state index contributed by atoms with van der Waals surface area (Å²) < 4.78 is 5.18. The Morgan fingerprint density at radius 2 is 2.28 bits per heavy atom. The van der Waals surface area contributed by atoms with E-state index < -0.39 is 0 Å². The van der Waals surface area contributed by atoms with E-state index in [2.05, 4.69) is 4.99 Å². The van der Waals surface area contributed by atoms with Crippen molar-refractivity contribution in [1.82, 2.24) is 0 Å². The Balaban J connectivity index is 2.36. The lowest BCUT2D eigenvalue weighted by Crippen LogP contribution is -2.32. The predicted molar refractivity (Wildman–Crippen MR) is 69.2 cm³/mol. The fourth-order valence-corrected chi connectivity index (χ4v) is 1.94. The van der Waals surface area contributed by atoms with Crippen LogP contribution in [0.15, 0.2) is 29.3 Å². The van der Waals surface area contributed by atoms with Crippen LogP contribution in [-0.2, 0) is 9.53 Å². The van der Waals surface area contributed by atoms with Crippen molar-refractivity contribution < 1.29 is 14.6 Å². The highest BCUT2D eigenvalue weighted by Crippen LogP contribution is 2.31. The SMILES string of the molecule is COC1=Nc2ccccc2N(C(=O)CCO)CC1. The number of hydrogen-bond acceptors (Lipinski definition) is 4. The van der Waals surface area contributed by atoms with E-state index in [1.54, 1.807) is 12.0 Å². The Morgan fingerprint density at radius 1 is 1.50 bits per heavy atom. The quantitative estimate of drug-likeness (QED) is 0.862. The molecule has 1 aromatic rings. The molecule has 1 N–H and O–H groups in total. The van der Waals surface area contributed by atoms with Crippen LogP contribution in [0.4, 0.5) is 11.4 Å². The van der Waals surface area contributed by atoms with Gasteiger partial charge >= 0.3 is 0 Å². The summed E-state index contributed by atoms with van der Waals surface area (Å²) in [4.78, 5) is 18.0. The summed E-state index contributed by atoms with van der Waals surface area (Å²) in [6.45, 7) is 0.373. The molecule has 5 heteroatoms. The van der Waals surface area contributed by atoms with Crippen molar-refractivity contribution in [2.24, 2.45) is 4.99 Å². The van der Waals surface area contributed by atoms with Crippen LogP contribution in [0.3, 0.4) is 0 Å². The molecule has 1 amide bonds. The van der Waals surface area contributed by atoms with E-state index >= 15 is 0 Å². The van der Waals surface area contributed by atoms with Crippen molar-refractivity contribution in [3.63, 3.8) is 0 Å². The molecule has 0 saturated heterocycles. The molecule has 0 aromatic heterocycles.